The van der Waals surface area contributed by atoms with Gasteiger partial charge in [0, 0.05) is 13.1 Å². The van der Waals surface area contributed by atoms with Crippen molar-refractivity contribution in [3.8, 4) is 0 Å². The Balaban J connectivity index is 1.80. The molecule has 1 aliphatic rings. The molecule has 102 valence electrons. The standard InChI is InChI=1S/C16H23N3/c1-11(13-7-6-8-13)17-12(2)16-18-14-9-4-5-10-15(14)19(16)3/h4-5,9-13,17H,6-8H2,1-3H3. The second kappa shape index (κ2) is 4.97. The molecule has 3 nitrogen and oxygen atoms in total. The van der Waals surface area contributed by atoms with Gasteiger partial charge in [0.05, 0.1) is 17.1 Å². The van der Waals surface area contributed by atoms with Gasteiger partial charge in [-0.15, -0.1) is 0 Å². The number of imidazole rings is 1. The molecule has 0 saturated heterocycles. The maximum atomic E-state index is 4.77. The molecule has 2 unspecified atom stereocenters. The van der Waals surface area contributed by atoms with E-state index in [1.807, 2.05) is 6.07 Å². The zero-order valence-corrected chi connectivity index (χ0v) is 12.1. The summed E-state index contributed by atoms with van der Waals surface area (Å²) in [4.78, 5) is 4.77. The smallest absolute Gasteiger partial charge is 0.126 e. The Kier molecular flexibility index (Phi) is 3.31. The minimum atomic E-state index is 0.299. The molecule has 0 aliphatic heterocycles. The van der Waals surface area contributed by atoms with Crippen LogP contribution in [0.3, 0.4) is 0 Å². The fraction of sp³-hybridized carbons (Fsp3) is 0.562. The average molecular weight is 257 g/mol. The van der Waals surface area contributed by atoms with Crippen LogP contribution in [0.15, 0.2) is 24.3 Å². The number of benzene rings is 1. The second-order valence-corrected chi connectivity index (χ2v) is 5.89. The van der Waals surface area contributed by atoms with E-state index in [4.69, 9.17) is 4.98 Å². The van der Waals surface area contributed by atoms with Crippen LogP contribution in [0.5, 0.6) is 0 Å². The molecule has 1 fully saturated rings. The van der Waals surface area contributed by atoms with Gasteiger partial charge in [-0.3, -0.25) is 0 Å². The van der Waals surface area contributed by atoms with Gasteiger partial charge in [-0.05, 0) is 44.7 Å². The van der Waals surface area contributed by atoms with Gasteiger partial charge in [-0.2, -0.15) is 0 Å². The summed E-state index contributed by atoms with van der Waals surface area (Å²) in [6, 6.07) is 9.22. The second-order valence-electron chi connectivity index (χ2n) is 5.89. The molecule has 0 amide bonds. The van der Waals surface area contributed by atoms with Crippen molar-refractivity contribution >= 4 is 11.0 Å². The fourth-order valence-electron chi connectivity index (χ4n) is 3.10. The van der Waals surface area contributed by atoms with Gasteiger partial charge >= 0.3 is 0 Å². The van der Waals surface area contributed by atoms with E-state index in [0.29, 0.717) is 12.1 Å². The summed E-state index contributed by atoms with van der Waals surface area (Å²) in [5.41, 5.74) is 2.30. The zero-order valence-electron chi connectivity index (χ0n) is 12.1. The molecule has 1 saturated carbocycles. The topological polar surface area (TPSA) is 29.9 Å². The number of aromatic nitrogens is 2. The number of fused-ring (bicyclic) bond motifs is 1. The van der Waals surface area contributed by atoms with Crippen LogP contribution in [-0.4, -0.2) is 15.6 Å². The van der Waals surface area contributed by atoms with Gasteiger partial charge in [-0.25, -0.2) is 4.98 Å². The van der Waals surface area contributed by atoms with Crippen molar-refractivity contribution in [1.29, 1.82) is 0 Å². The van der Waals surface area contributed by atoms with Gasteiger partial charge in [0.1, 0.15) is 5.82 Å². The summed E-state index contributed by atoms with van der Waals surface area (Å²) >= 11 is 0. The lowest BCUT2D eigenvalue weighted by Gasteiger charge is -2.33. The molecule has 2 aromatic rings. The molecule has 2 atom stereocenters. The van der Waals surface area contributed by atoms with E-state index in [9.17, 15) is 0 Å². The van der Waals surface area contributed by atoms with Gasteiger partial charge < -0.3 is 9.88 Å². The van der Waals surface area contributed by atoms with Crippen molar-refractivity contribution in [2.45, 2.75) is 45.2 Å². The molecule has 1 aliphatic carbocycles. The summed E-state index contributed by atoms with van der Waals surface area (Å²) in [7, 11) is 2.11. The molecule has 19 heavy (non-hydrogen) atoms. The van der Waals surface area contributed by atoms with Crippen molar-refractivity contribution in [2.75, 3.05) is 0 Å². The van der Waals surface area contributed by atoms with E-state index in [1.54, 1.807) is 0 Å². The minimum Gasteiger partial charge on any atom is -0.330 e. The highest BCUT2D eigenvalue weighted by molar-refractivity contribution is 5.75. The largest absolute Gasteiger partial charge is 0.330 e. The molecule has 0 radical (unpaired) electrons. The lowest BCUT2D eigenvalue weighted by Crippen LogP contribution is -2.39. The predicted molar refractivity (Wildman–Crippen MR) is 79.1 cm³/mol. The first-order valence-electron chi connectivity index (χ1n) is 7.34. The molecule has 3 heteroatoms. The lowest BCUT2D eigenvalue weighted by molar-refractivity contribution is 0.227. The molecule has 0 spiro atoms. The summed E-state index contributed by atoms with van der Waals surface area (Å²) in [6.45, 7) is 4.53. The molecule has 1 aromatic carbocycles. The van der Waals surface area contributed by atoms with Gasteiger partial charge in [0.2, 0.25) is 0 Å². The highest BCUT2D eigenvalue weighted by atomic mass is 15.1. The Hall–Kier alpha value is -1.35. The predicted octanol–water partition coefficient (Wildman–Crippen LogP) is 3.41. The number of nitrogens with zero attached hydrogens (tertiary/aromatic N) is 2. The van der Waals surface area contributed by atoms with Crippen LogP contribution in [0.25, 0.3) is 11.0 Å². The Morgan fingerprint density at radius 1 is 1.26 bits per heavy atom. The number of nitrogens with one attached hydrogen (secondary N) is 1. The van der Waals surface area contributed by atoms with Crippen LogP contribution in [0.2, 0.25) is 0 Å². The van der Waals surface area contributed by atoms with Crippen molar-refractivity contribution in [1.82, 2.24) is 14.9 Å². The Morgan fingerprint density at radius 2 is 2.00 bits per heavy atom. The zero-order chi connectivity index (χ0) is 13.4. The Labute approximate surface area is 115 Å². The van der Waals surface area contributed by atoms with E-state index >= 15 is 0 Å². The Morgan fingerprint density at radius 3 is 2.63 bits per heavy atom. The highest BCUT2D eigenvalue weighted by Crippen LogP contribution is 2.30. The Bertz CT molecular complexity index is 568. The molecular weight excluding hydrogens is 234 g/mol. The van der Waals surface area contributed by atoms with Gasteiger partial charge in [0.15, 0.2) is 0 Å². The lowest BCUT2D eigenvalue weighted by atomic mass is 9.80. The summed E-state index contributed by atoms with van der Waals surface area (Å²) in [5, 5.41) is 3.72. The number of hydrogen-bond donors (Lipinski definition) is 1. The third-order valence-electron chi connectivity index (χ3n) is 4.58. The molecular formula is C16H23N3. The van der Waals surface area contributed by atoms with Crippen LogP contribution < -0.4 is 5.32 Å². The first-order valence-corrected chi connectivity index (χ1v) is 7.34. The quantitative estimate of drug-likeness (QED) is 0.909. The monoisotopic (exact) mass is 257 g/mol. The van der Waals surface area contributed by atoms with E-state index in [-0.39, 0.29) is 0 Å². The van der Waals surface area contributed by atoms with Crippen molar-refractivity contribution < 1.29 is 0 Å². The number of aryl methyl sites for hydroxylation is 1. The minimum absolute atomic E-state index is 0.299. The average Bonchev–Trinajstić information content (AvgIpc) is 2.65. The molecule has 1 N–H and O–H groups in total. The normalized spacial score (nSPS) is 19.3. The maximum Gasteiger partial charge on any atom is 0.126 e. The van der Waals surface area contributed by atoms with Crippen molar-refractivity contribution in [3.63, 3.8) is 0 Å². The van der Waals surface area contributed by atoms with Gasteiger partial charge in [0.25, 0.3) is 0 Å². The number of rotatable bonds is 4. The van der Waals surface area contributed by atoms with E-state index in [0.717, 1.165) is 17.3 Å². The van der Waals surface area contributed by atoms with E-state index < -0.39 is 0 Å². The molecule has 0 bridgehead atoms. The first kappa shape index (κ1) is 12.7. The molecule has 3 rings (SSSR count). The summed E-state index contributed by atoms with van der Waals surface area (Å²) in [5.74, 6) is 1.99. The van der Waals surface area contributed by atoms with Crippen molar-refractivity contribution in [2.24, 2.45) is 13.0 Å². The van der Waals surface area contributed by atoms with Crippen molar-refractivity contribution in [3.05, 3.63) is 30.1 Å². The van der Waals surface area contributed by atoms with Crippen LogP contribution in [-0.2, 0) is 7.05 Å². The fourth-order valence-corrected chi connectivity index (χ4v) is 3.10. The molecule has 1 heterocycles. The van der Waals surface area contributed by atoms with Crippen LogP contribution in [0.4, 0.5) is 0 Å². The number of para-hydroxylation sites is 2. The number of hydrogen-bond acceptors (Lipinski definition) is 2. The SMILES string of the molecule is CC(NC(C)C1CCC1)c1nc2ccccc2n1C. The van der Waals surface area contributed by atoms with Crippen LogP contribution in [0.1, 0.15) is 45.0 Å². The first-order chi connectivity index (χ1) is 9.16. The molecule has 1 aromatic heterocycles. The van der Waals surface area contributed by atoms with Crippen LogP contribution in [0, 0.1) is 5.92 Å². The van der Waals surface area contributed by atoms with E-state index in [1.165, 1.54) is 24.8 Å². The third-order valence-corrected chi connectivity index (χ3v) is 4.58. The third kappa shape index (κ3) is 2.27. The van der Waals surface area contributed by atoms with Gasteiger partial charge in [-0.1, -0.05) is 18.6 Å². The van der Waals surface area contributed by atoms with Crippen LogP contribution >= 0.6 is 0 Å². The highest BCUT2D eigenvalue weighted by Gasteiger charge is 2.26. The maximum absolute atomic E-state index is 4.77. The van der Waals surface area contributed by atoms with E-state index in [2.05, 4.69) is 49.0 Å². The summed E-state index contributed by atoms with van der Waals surface area (Å²) in [6.07, 6.45) is 4.16. The summed E-state index contributed by atoms with van der Waals surface area (Å²) < 4.78 is 2.21.